The van der Waals surface area contributed by atoms with Crippen LogP contribution in [-0.2, 0) is 20.0 Å². The molecule has 0 bridgehead atoms. The normalized spacial score (nSPS) is 12.1. The first-order chi connectivity index (χ1) is 10.6. The van der Waals surface area contributed by atoms with E-state index in [1.54, 1.807) is 12.1 Å². The van der Waals surface area contributed by atoms with Crippen LogP contribution in [-0.4, -0.2) is 26.6 Å². The fourth-order valence-corrected chi connectivity index (χ4v) is 1.93. The molecule has 0 spiro atoms. The molecule has 2 aromatic rings. The lowest BCUT2D eigenvalue weighted by Crippen LogP contribution is -2.00. The molecule has 1 N–H and O–H groups in total. The van der Waals surface area contributed by atoms with Gasteiger partial charge in [-0.1, -0.05) is 50.2 Å². The lowest BCUT2D eigenvalue weighted by molar-refractivity contribution is 0.101. The molecule has 0 aliphatic rings. The van der Waals surface area contributed by atoms with Gasteiger partial charge < -0.3 is 4.55 Å². The second kappa shape index (κ2) is 9.50. The van der Waals surface area contributed by atoms with E-state index < -0.39 is 8.77 Å². The third-order valence-corrected chi connectivity index (χ3v) is 2.66. The molecule has 0 aromatic heterocycles. The van der Waals surface area contributed by atoms with Crippen LogP contribution in [0, 0.1) is 0 Å². The summed E-state index contributed by atoms with van der Waals surface area (Å²) < 4.78 is 17.4. The van der Waals surface area contributed by atoms with Gasteiger partial charge in [-0.2, -0.15) is 0 Å². The Morgan fingerprint density at radius 3 is 1.52 bits per heavy atom. The van der Waals surface area contributed by atoms with Crippen molar-refractivity contribution in [2.75, 3.05) is 6.26 Å². The second-order valence-corrected chi connectivity index (χ2v) is 7.88. The summed E-state index contributed by atoms with van der Waals surface area (Å²) in [4.78, 5) is 23.0. The topological polar surface area (TPSA) is 71.4 Å². The predicted octanol–water partition coefficient (Wildman–Crippen LogP) is 4.11. The first-order valence-corrected chi connectivity index (χ1v) is 9.92. The monoisotopic (exact) mass is 354 g/mol. The maximum Gasteiger partial charge on any atom is 0.160 e. The highest BCUT2D eigenvalue weighted by molar-refractivity contribution is 8.29. The van der Waals surface area contributed by atoms with Gasteiger partial charge in [0.1, 0.15) is 8.77 Å². The lowest BCUT2D eigenvalue weighted by Gasteiger charge is -2.07. The zero-order valence-electron chi connectivity index (χ0n) is 14.0. The molecular formula is C17H22O4S2. The SMILES string of the molecule is CC.CC(=O)c1cccc2cccc(C(C)=O)c12.CS(=O)(O)=S. The van der Waals surface area contributed by atoms with Gasteiger partial charge in [0.2, 0.25) is 0 Å². The highest BCUT2D eigenvalue weighted by Crippen LogP contribution is 2.23. The number of rotatable bonds is 2. The van der Waals surface area contributed by atoms with Crippen LogP contribution < -0.4 is 0 Å². The first kappa shape index (κ1) is 21.4. The summed E-state index contributed by atoms with van der Waals surface area (Å²) >= 11 is 3.91. The summed E-state index contributed by atoms with van der Waals surface area (Å²) in [6, 6.07) is 11.0. The van der Waals surface area contributed by atoms with Gasteiger partial charge in [0.05, 0.1) is 0 Å². The molecule has 0 aliphatic heterocycles. The fraction of sp³-hybridized carbons (Fsp3) is 0.294. The van der Waals surface area contributed by atoms with Crippen molar-refractivity contribution in [2.45, 2.75) is 27.7 Å². The van der Waals surface area contributed by atoms with Gasteiger partial charge in [0.25, 0.3) is 0 Å². The van der Waals surface area contributed by atoms with Crippen LogP contribution in [0.25, 0.3) is 10.8 Å². The Bertz CT molecular complexity index is 737. The molecule has 0 heterocycles. The molecule has 0 saturated heterocycles. The maximum atomic E-state index is 11.5. The Hall–Kier alpha value is -1.63. The molecule has 6 heteroatoms. The fourth-order valence-electron chi connectivity index (χ4n) is 1.93. The molecule has 0 radical (unpaired) electrons. The summed E-state index contributed by atoms with van der Waals surface area (Å²) in [5.74, 6) is -0.0291. The van der Waals surface area contributed by atoms with E-state index in [4.69, 9.17) is 4.55 Å². The molecule has 2 aromatic carbocycles. The van der Waals surface area contributed by atoms with Crippen LogP contribution in [0.15, 0.2) is 36.4 Å². The number of fused-ring (bicyclic) bond motifs is 1. The van der Waals surface area contributed by atoms with Gasteiger partial charge in [-0.25, -0.2) is 4.21 Å². The quantitative estimate of drug-likeness (QED) is 0.822. The van der Waals surface area contributed by atoms with Crippen molar-refractivity contribution in [1.82, 2.24) is 0 Å². The van der Waals surface area contributed by atoms with Crippen LogP contribution in [0.4, 0.5) is 0 Å². The van der Waals surface area contributed by atoms with Crippen LogP contribution in [0.5, 0.6) is 0 Å². The number of ketones is 2. The van der Waals surface area contributed by atoms with Crippen molar-refractivity contribution in [3.8, 4) is 0 Å². The van der Waals surface area contributed by atoms with Crippen molar-refractivity contribution in [2.24, 2.45) is 0 Å². The summed E-state index contributed by atoms with van der Waals surface area (Å²) in [7, 11) is -2.83. The Morgan fingerprint density at radius 1 is 0.957 bits per heavy atom. The van der Waals surface area contributed by atoms with Crippen LogP contribution >= 0.6 is 0 Å². The average molecular weight is 354 g/mol. The van der Waals surface area contributed by atoms with E-state index in [2.05, 4.69) is 11.2 Å². The van der Waals surface area contributed by atoms with Gasteiger partial charge >= 0.3 is 0 Å². The lowest BCUT2D eigenvalue weighted by atomic mass is 9.95. The van der Waals surface area contributed by atoms with Crippen molar-refractivity contribution in [3.63, 3.8) is 0 Å². The number of carbonyl (C=O) groups is 2. The van der Waals surface area contributed by atoms with Gasteiger partial charge in [-0.05, 0) is 19.2 Å². The van der Waals surface area contributed by atoms with E-state index in [0.717, 1.165) is 17.0 Å². The minimum Gasteiger partial charge on any atom is -0.306 e. The smallest absolute Gasteiger partial charge is 0.160 e. The van der Waals surface area contributed by atoms with Crippen molar-refractivity contribution >= 4 is 42.3 Å². The van der Waals surface area contributed by atoms with Gasteiger partial charge in [-0.15, -0.1) is 0 Å². The zero-order valence-corrected chi connectivity index (χ0v) is 15.6. The summed E-state index contributed by atoms with van der Waals surface area (Å²) in [6.07, 6.45) is 1.09. The maximum absolute atomic E-state index is 11.5. The van der Waals surface area contributed by atoms with Gasteiger partial charge in [0, 0.05) is 34.0 Å². The van der Waals surface area contributed by atoms with Crippen molar-refractivity contribution in [3.05, 3.63) is 47.5 Å². The largest absolute Gasteiger partial charge is 0.306 e. The number of benzene rings is 2. The highest BCUT2D eigenvalue weighted by atomic mass is 32.8. The van der Waals surface area contributed by atoms with Gasteiger partial charge in [0.15, 0.2) is 11.6 Å². The van der Waals surface area contributed by atoms with Crippen LogP contribution in [0.1, 0.15) is 48.4 Å². The first-order valence-electron chi connectivity index (χ1n) is 7.07. The van der Waals surface area contributed by atoms with E-state index in [0.29, 0.717) is 11.1 Å². The Morgan fingerprint density at radius 2 is 1.26 bits per heavy atom. The van der Waals surface area contributed by atoms with E-state index in [9.17, 15) is 13.8 Å². The van der Waals surface area contributed by atoms with Crippen LogP contribution in [0.3, 0.4) is 0 Å². The number of Topliss-reactive ketones (excluding diaryl/α,β-unsaturated/α-hetero) is 2. The van der Waals surface area contributed by atoms with E-state index in [1.807, 2.05) is 38.1 Å². The molecule has 0 aliphatic carbocycles. The molecule has 2 rings (SSSR count). The standard InChI is InChI=1S/C14H12O2.C2H6.CH4O2S2/c1-9(15)12-7-3-5-11-6-4-8-13(10(2)16)14(11)12;1-2;1-5(2,3)4/h3-8H,1-2H3;1-2H3;1H3,(H,2,3,4). The summed E-state index contributed by atoms with van der Waals surface area (Å²) in [6.45, 7) is 7.04. The summed E-state index contributed by atoms with van der Waals surface area (Å²) in [5, 5.41) is 1.70. The van der Waals surface area contributed by atoms with E-state index in [1.165, 1.54) is 13.8 Å². The number of carbonyl (C=O) groups excluding carboxylic acids is 2. The molecule has 1 atom stereocenters. The number of hydrogen-bond acceptors (Lipinski definition) is 4. The molecule has 1 unspecified atom stereocenters. The number of hydrogen-bond donors (Lipinski definition) is 1. The molecule has 4 nitrogen and oxygen atoms in total. The molecule has 0 fully saturated rings. The Kier molecular flexibility index (Phi) is 8.82. The van der Waals surface area contributed by atoms with Crippen LogP contribution in [0.2, 0.25) is 0 Å². The second-order valence-electron chi connectivity index (χ2n) is 4.55. The minimum atomic E-state index is -2.83. The Labute approximate surface area is 142 Å². The predicted molar refractivity (Wildman–Crippen MR) is 99.4 cm³/mol. The summed E-state index contributed by atoms with van der Waals surface area (Å²) in [5.41, 5.74) is 1.23. The highest BCUT2D eigenvalue weighted by Gasteiger charge is 2.11. The molecule has 126 valence electrons. The van der Waals surface area contributed by atoms with Crippen molar-refractivity contribution < 1.29 is 18.4 Å². The zero-order chi connectivity index (χ0) is 18.2. The third-order valence-electron chi connectivity index (χ3n) is 2.66. The van der Waals surface area contributed by atoms with Crippen molar-refractivity contribution in [1.29, 1.82) is 0 Å². The molecular weight excluding hydrogens is 332 g/mol. The molecule has 0 saturated carbocycles. The molecule has 0 amide bonds. The van der Waals surface area contributed by atoms with E-state index in [-0.39, 0.29) is 11.6 Å². The van der Waals surface area contributed by atoms with E-state index >= 15 is 0 Å². The minimum absolute atomic E-state index is 0.0145. The molecule has 23 heavy (non-hydrogen) atoms. The third kappa shape index (κ3) is 7.45. The van der Waals surface area contributed by atoms with Gasteiger partial charge in [-0.3, -0.25) is 9.59 Å². The Balaban J connectivity index is 0.000000594. The average Bonchev–Trinajstić information content (AvgIpc) is 2.46.